The average molecular weight is 277 g/mol. The molecule has 0 aliphatic carbocycles. The predicted molar refractivity (Wildman–Crippen MR) is 79.2 cm³/mol. The molecule has 0 aromatic carbocycles. The van der Waals surface area contributed by atoms with Crippen molar-refractivity contribution in [1.29, 1.82) is 0 Å². The van der Waals surface area contributed by atoms with Crippen molar-refractivity contribution in [1.82, 2.24) is 10.6 Å². The second kappa shape index (κ2) is 10.6. The summed E-state index contributed by atoms with van der Waals surface area (Å²) in [5.74, 6) is 0.827. The number of rotatable bonds is 7. The molecule has 1 aliphatic heterocycles. The maximum absolute atomic E-state index is 11.9. The summed E-state index contributed by atoms with van der Waals surface area (Å²) in [6.07, 6.45) is 7.82. The number of piperidine rings is 1. The number of hydrogen-bond acceptors (Lipinski definition) is 2. The minimum absolute atomic E-state index is 0. The van der Waals surface area contributed by atoms with Crippen molar-refractivity contribution in [2.75, 3.05) is 13.1 Å². The zero-order valence-electron chi connectivity index (χ0n) is 11.8. The minimum Gasteiger partial charge on any atom is -0.352 e. The molecule has 2 N–H and O–H groups in total. The molecule has 2 atom stereocenters. The lowest BCUT2D eigenvalue weighted by Gasteiger charge is -2.24. The molecule has 0 saturated carbocycles. The molecule has 1 saturated heterocycles. The van der Waals surface area contributed by atoms with Crippen LogP contribution in [0.3, 0.4) is 0 Å². The van der Waals surface area contributed by atoms with E-state index in [1.807, 2.05) is 0 Å². The highest BCUT2D eigenvalue weighted by Crippen LogP contribution is 2.16. The summed E-state index contributed by atoms with van der Waals surface area (Å²) in [6, 6.07) is 0.361. The van der Waals surface area contributed by atoms with Gasteiger partial charge in [-0.2, -0.15) is 0 Å². The Kier molecular flexibility index (Phi) is 10.5. The fourth-order valence-electron chi connectivity index (χ4n) is 2.47. The quantitative estimate of drug-likeness (QED) is 0.751. The summed E-state index contributed by atoms with van der Waals surface area (Å²) < 4.78 is 0. The van der Waals surface area contributed by atoms with Crippen molar-refractivity contribution in [3.63, 3.8) is 0 Å². The first-order valence-electron chi connectivity index (χ1n) is 7.26. The molecule has 18 heavy (non-hydrogen) atoms. The molecule has 1 fully saturated rings. The van der Waals surface area contributed by atoms with E-state index in [-0.39, 0.29) is 18.3 Å². The molecular weight excluding hydrogens is 248 g/mol. The van der Waals surface area contributed by atoms with Crippen LogP contribution in [-0.4, -0.2) is 25.0 Å². The largest absolute Gasteiger partial charge is 0.352 e. The van der Waals surface area contributed by atoms with Crippen LogP contribution in [0.1, 0.15) is 58.8 Å². The van der Waals surface area contributed by atoms with Crippen LogP contribution in [0.4, 0.5) is 0 Å². The molecule has 108 valence electrons. The number of halogens is 1. The molecule has 3 nitrogen and oxygen atoms in total. The Labute approximate surface area is 118 Å². The first-order chi connectivity index (χ1) is 8.26. The van der Waals surface area contributed by atoms with Crippen molar-refractivity contribution in [2.24, 2.45) is 5.92 Å². The lowest BCUT2D eigenvalue weighted by atomic mass is 9.95. The summed E-state index contributed by atoms with van der Waals surface area (Å²) in [4.78, 5) is 11.9. The normalized spacial score (nSPS) is 20.9. The highest BCUT2D eigenvalue weighted by Gasteiger charge is 2.17. The Hall–Kier alpha value is -0.280. The first-order valence-corrected chi connectivity index (χ1v) is 7.26. The smallest absolute Gasteiger partial charge is 0.220 e. The third kappa shape index (κ3) is 7.22. The third-order valence-electron chi connectivity index (χ3n) is 3.68. The molecule has 2 unspecified atom stereocenters. The number of amides is 1. The second-order valence-electron chi connectivity index (χ2n) is 5.23. The number of nitrogens with one attached hydrogen (secondary N) is 2. The van der Waals surface area contributed by atoms with Gasteiger partial charge < -0.3 is 10.6 Å². The van der Waals surface area contributed by atoms with Gasteiger partial charge in [-0.15, -0.1) is 12.4 Å². The zero-order chi connectivity index (χ0) is 12.5. The van der Waals surface area contributed by atoms with Crippen LogP contribution in [0.2, 0.25) is 0 Å². The van der Waals surface area contributed by atoms with E-state index in [4.69, 9.17) is 0 Å². The Balaban J connectivity index is 0.00000289. The monoisotopic (exact) mass is 276 g/mol. The van der Waals surface area contributed by atoms with Gasteiger partial charge in [0.2, 0.25) is 5.91 Å². The summed E-state index contributed by atoms with van der Waals surface area (Å²) >= 11 is 0. The highest BCUT2D eigenvalue weighted by atomic mass is 35.5. The van der Waals surface area contributed by atoms with Gasteiger partial charge in [0.25, 0.3) is 0 Å². The number of unbranched alkanes of at least 4 members (excludes halogenated alkanes) is 1. The van der Waals surface area contributed by atoms with Gasteiger partial charge in [0.05, 0.1) is 0 Å². The second-order valence-corrected chi connectivity index (χ2v) is 5.23. The van der Waals surface area contributed by atoms with E-state index in [2.05, 4.69) is 24.5 Å². The van der Waals surface area contributed by atoms with Gasteiger partial charge in [0.1, 0.15) is 0 Å². The van der Waals surface area contributed by atoms with Crippen molar-refractivity contribution in [3.8, 4) is 0 Å². The van der Waals surface area contributed by atoms with Gasteiger partial charge in [-0.1, -0.05) is 33.1 Å². The van der Waals surface area contributed by atoms with Crippen LogP contribution in [-0.2, 0) is 4.79 Å². The number of hydrogen-bond donors (Lipinski definition) is 2. The molecule has 1 rings (SSSR count). The molecule has 0 aromatic heterocycles. The van der Waals surface area contributed by atoms with Crippen LogP contribution in [0.15, 0.2) is 0 Å². The average Bonchev–Trinajstić information content (AvgIpc) is 2.35. The highest BCUT2D eigenvalue weighted by molar-refractivity contribution is 5.85. The Bertz CT molecular complexity index is 218. The minimum atomic E-state index is 0. The third-order valence-corrected chi connectivity index (χ3v) is 3.68. The van der Waals surface area contributed by atoms with Crippen LogP contribution in [0, 0.1) is 5.92 Å². The molecule has 0 spiro atoms. The molecule has 4 heteroatoms. The summed E-state index contributed by atoms with van der Waals surface area (Å²) in [5.41, 5.74) is 0. The first kappa shape index (κ1) is 17.7. The van der Waals surface area contributed by atoms with Gasteiger partial charge >= 0.3 is 0 Å². The Morgan fingerprint density at radius 1 is 1.44 bits per heavy atom. The van der Waals surface area contributed by atoms with Gasteiger partial charge in [-0.05, 0) is 31.7 Å². The standard InChI is InChI=1S/C14H28N2O.ClH/c1-3-5-7-12(4-2)10-14(17)16-13-8-6-9-15-11-13;/h12-13,15H,3-11H2,1-2H3,(H,16,17);1H. The molecule has 1 aliphatic rings. The fraction of sp³-hybridized carbons (Fsp3) is 0.929. The van der Waals surface area contributed by atoms with Crippen molar-refractivity contribution >= 4 is 18.3 Å². The summed E-state index contributed by atoms with van der Waals surface area (Å²) in [5, 5.41) is 6.49. The van der Waals surface area contributed by atoms with E-state index < -0.39 is 0 Å². The van der Waals surface area contributed by atoms with Crippen molar-refractivity contribution < 1.29 is 4.79 Å². The SMILES string of the molecule is CCCCC(CC)CC(=O)NC1CCCNC1.Cl. The van der Waals surface area contributed by atoms with E-state index in [9.17, 15) is 4.79 Å². The van der Waals surface area contributed by atoms with Crippen LogP contribution >= 0.6 is 12.4 Å². The predicted octanol–water partition coefficient (Wildman–Crippen LogP) is 2.88. The maximum Gasteiger partial charge on any atom is 0.220 e. The van der Waals surface area contributed by atoms with E-state index in [1.54, 1.807) is 0 Å². The van der Waals surface area contributed by atoms with Gasteiger partial charge in [-0.3, -0.25) is 4.79 Å². The summed E-state index contributed by atoms with van der Waals surface area (Å²) in [7, 11) is 0. The van der Waals surface area contributed by atoms with Crippen molar-refractivity contribution in [3.05, 3.63) is 0 Å². The van der Waals surface area contributed by atoms with Crippen LogP contribution < -0.4 is 10.6 Å². The number of carbonyl (C=O) groups excluding carboxylic acids is 1. The van der Waals surface area contributed by atoms with Gasteiger partial charge in [-0.25, -0.2) is 0 Å². The Morgan fingerprint density at radius 2 is 2.22 bits per heavy atom. The topological polar surface area (TPSA) is 41.1 Å². The van der Waals surface area contributed by atoms with E-state index in [1.165, 1.54) is 25.7 Å². The molecule has 0 aromatic rings. The van der Waals surface area contributed by atoms with E-state index >= 15 is 0 Å². The Morgan fingerprint density at radius 3 is 2.78 bits per heavy atom. The van der Waals surface area contributed by atoms with Crippen molar-refractivity contribution in [2.45, 2.75) is 64.8 Å². The summed E-state index contributed by atoms with van der Waals surface area (Å²) in [6.45, 7) is 6.44. The van der Waals surface area contributed by atoms with E-state index in [0.29, 0.717) is 18.4 Å². The number of carbonyl (C=O) groups is 1. The molecule has 0 bridgehead atoms. The van der Waals surface area contributed by atoms with Crippen LogP contribution in [0.25, 0.3) is 0 Å². The van der Waals surface area contributed by atoms with Crippen LogP contribution in [0.5, 0.6) is 0 Å². The zero-order valence-corrected chi connectivity index (χ0v) is 12.7. The molecule has 1 amide bonds. The molecule has 0 radical (unpaired) electrons. The molecule has 1 heterocycles. The van der Waals surface area contributed by atoms with Gasteiger partial charge in [0, 0.05) is 19.0 Å². The molecular formula is C14H29ClN2O. The van der Waals surface area contributed by atoms with E-state index in [0.717, 1.165) is 25.9 Å². The lowest BCUT2D eigenvalue weighted by molar-refractivity contribution is -0.122. The van der Waals surface area contributed by atoms with Gasteiger partial charge in [0.15, 0.2) is 0 Å². The maximum atomic E-state index is 11.9. The lowest BCUT2D eigenvalue weighted by Crippen LogP contribution is -2.45. The fourth-order valence-corrected chi connectivity index (χ4v) is 2.47.